The number of rotatable bonds is 4. The molecule has 0 saturated carbocycles. The number of aromatic nitrogens is 2. The van der Waals surface area contributed by atoms with Crippen molar-refractivity contribution in [1.82, 2.24) is 9.97 Å². The molecule has 0 aliphatic rings. The van der Waals surface area contributed by atoms with Crippen LogP contribution in [0.2, 0.25) is 5.02 Å². The molecule has 0 radical (unpaired) electrons. The summed E-state index contributed by atoms with van der Waals surface area (Å²) in [4.78, 5) is 29.3. The highest BCUT2D eigenvalue weighted by Gasteiger charge is 2.21. The highest BCUT2D eigenvalue weighted by molar-refractivity contribution is 8.01. The number of hydrogen-bond donors (Lipinski definition) is 1. The van der Waals surface area contributed by atoms with Crippen molar-refractivity contribution in [1.29, 1.82) is 0 Å². The van der Waals surface area contributed by atoms with E-state index in [-0.39, 0.29) is 20.6 Å². The van der Waals surface area contributed by atoms with Crippen molar-refractivity contribution in [2.24, 2.45) is 0 Å². The topological polar surface area (TPSA) is 106 Å². The summed E-state index contributed by atoms with van der Waals surface area (Å²) in [5.41, 5.74) is 0.119. The molecule has 0 fully saturated rings. The molecule has 0 saturated heterocycles. The molecule has 0 aromatic carbocycles. The normalized spacial score (nSPS) is 10.5. The maximum atomic E-state index is 10.9. The van der Waals surface area contributed by atoms with E-state index in [4.69, 9.17) is 16.7 Å². The van der Waals surface area contributed by atoms with Crippen LogP contribution in [0.1, 0.15) is 15.4 Å². The van der Waals surface area contributed by atoms with Crippen LogP contribution in [0.5, 0.6) is 0 Å². The molecule has 2 aromatic heterocycles. The minimum Gasteiger partial charge on any atom is -0.477 e. The van der Waals surface area contributed by atoms with E-state index in [1.165, 1.54) is 12.3 Å². The minimum absolute atomic E-state index is 0.101. The second kappa shape index (κ2) is 5.73. The minimum atomic E-state index is -1.08. The molecule has 0 bridgehead atoms. The lowest BCUT2D eigenvalue weighted by Crippen LogP contribution is -1.94. The number of hydrogen-bond acceptors (Lipinski definition) is 7. The van der Waals surface area contributed by atoms with Crippen LogP contribution in [0, 0.1) is 17.0 Å². The first-order valence-electron chi connectivity index (χ1n) is 5.07. The number of nitrogens with zero attached hydrogens (tertiary/aromatic N) is 3. The average molecular weight is 332 g/mol. The van der Waals surface area contributed by atoms with Crippen LogP contribution in [0.15, 0.2) is 21.6 Å². The van der Waals surface area contributed by atoms with Gasteiger partial charge in [0.05, 0.1) is 15.6 Å². The van der Waals surface area contributed by atoms with Gasteiger partial charge in [0.15, 0.2) is 9.37 Å². The summed E-state index contributed by atoms with van der Waals surface area (Å²) in [6.07, 6.45) is 1.29. The third-order valence-corrected chi connectivity index (χ3v) is 4.57. The third-order valence-electron chi connectivity index (χ3n) is 2.15. The lowest BCUT2D eigenvalue weighted by molar-refractivity contribution is -0.388. The van der Waals surface area contributed by atoms with Crippen molar-refractivity contribution in [3.8, 4) is 0 Å². The Bertz CT molecular complexity index is 704. The lowest BCUT2D eigenvalue weighted by atomic mass is 10.4. The molecule has 104 valence electrons. The van der Waals surface area contributed by atoms with Gasteiger partial charge >= 0.3 is 11.7 Å². The van der Waals surface area contributed by atoms with Gasteiger partial charge in [0.25, 0.3) is 0 Å². The highest BCUT2D eigenvalue weighted by atomic mass is 35.5. The van der Waals surface area contributed by atoms with E-state index in [9.17, 15) is 14.9 Å². The Labute approximate surface area is 125 Å². The zero-order valence-corrected chi connectivity index (χ0v) is 12.3. The van der Waals surface area contributed by atoms with Crippen LogP contribution in [-0.2, 0) is 0 Å². The van der Waals surface area contributed by atoms with Gasteiger partial charge in [0.2, 0.25) is 0 Å². The fourth-order valence-electron chi connectivity index (χ4n) is 1.32. The predicted molar refractivity (Wildman–Crippen MR) is 73.8 cm³/mol. The second-order valence-electron chi connectivity index (χ2n) is 3.54. The molecule has 2 rings (SSSR count). The molecule has 0 spiro atoms. The summed E-state index contributed by atoms with van der Waals surface area (Å²) >= 11 is 7.55. The van der Waals surface area contributed by atoms with E-state index in [2.05, 4.69) is 9.97 Å². The van der Waals surface area contributed by atoms with Crippen LogP contribution >= 0.6 is 34.7 Å². The molecule has 0 aliphatic heterocycles. The number of halogens is 1. The van der Waals surface area contributed by atoms with Gasteiger partial charge in [0.1, 0.15) is 4.88 Å². The average Bonchev–Trinajstić information content (AvgIpc) is 2.72. The standard InChI is InChI=1S/C10H6ClN3O4S2/c1-4-7(9(15)16)19-10(13-4)20-8-6(14(17)18)2-5(11)3-12-8/h2-3H,1H3,(H,15,16). The third kappa shape index (κ3) is 3.06. The maximum Gasteiger partial charge on any atom is 0.347 e. The molecule has 20 heavy (non-hydrogen) atoms. The van der Waals surface area contributed by atoms with Crippen LogP contribution < -0.4 is 0 Å². The summed E-state index contributed by atoms with van der Waals surface area (Å²) < 4.78 is 0.373. The van der Waals surface area contributed by atoms with Gasteiger partial charge < -0.3 is 5.11 Å². The van der Waals surface area contributed by atoms with E-state index < -0.39 is 10.9 Å². The molecule has 7 nitrogen and oxygen atoms in total. The fraction of sp³-hybridized carbons (Fsp3) is 0.100. The molecular formula is C10H6ClN3O4S2. The molecular weight excluding hydrogens is 326 g/mol. The molecule has 2 aromatic rings. The Kier molecular flexibility index (Phi) is 4.21. The number of thiazole rings is 1. The first-order valence-corrected chi connectivity index (χ1v) is 7.08. The van der Waals surface area contributed by atoms with E-state index in [1.54, 1.807) is 6.92 Å². The Morgan fingerprint density at radius 3 is 2.85 bits per heavy atom. The molecule has 1 N–H and O–H groups in total. The van der Waals surface area contributed by atoms with Gasteiger partial charge in [-0.2, -0.15) is 0 Å². The van der Waals surface area contributed by atoms with E-state index in [0.29, 0.717) is 10.0 Å². The van der Waals surface area contributed by atoms with Crippen LogP contribution in [0.4, 0.5) is 5.69 Å². The second-order valence-corrected chi connectivity index (χ2v) is 6.21. The van der Waals surface area contributed by atoms with Crippen molar-refractivity contribution < 1.29 is 14.8 Å². The van der Waals surface area contributed by atoms with Crippen LogP contribution in [0.25, 0.3) is 0 Å². The summed E-state index contributed by atoms with van der Waals surface area (Å²) in [6, 6.07) is 1.19. The Hall–Kier alpha value is -1.71. The Morgan fingerprint density at radius 1 is 1.60 bits per heavy atom. The Balaban J connectivity index is 2.37. The first-order chi connectivity index (χ1) is 9.38. The maximum absolute atomic E-state index is 10.9. The SMILES string of the molecule is Cc1nc(Sc2ncc(Cl)cc2[N+](=O)[O-])sc1C(=O)O. The summed E-state index contributed by atoms with van der Waals surface area (Å²) in [6.45, 7) is 1.56. The number of carboxylic acid groups (broad SMARTS) is 1. The molecule has 10 heteroatoms. The molecule has 0 unspecified atom stereocenters. The summed E-state index contributed by atoms with van der Waals surface area (Å²) in [5, 5.41) is 20.1. The number of pyridine rings is 1. The lowest BCUT2D eigenvalue weighted by Gasteiger charge is -1.99. The van der Waals surface area contributed by atoms with Crippen molar-refractivity contribution in [2.45, 2.75) is 16.3 Å². The Morgan fingerprint density at radius 2 is 2.30 bits per heavy atom. The van der Waals surface area contributed by atoms with Crippen molar-refractivity contribution in [3.63, 3.8) is 0 Å². The molecule has 0 amide bonds. The smallest absolute Gasteiger partial charge is 0.347 e. The van der Waals surface area contributed by atoms with Gasteiger partial charge in [-0.05, 0) is 18.7 Å². The molecule has 0 atom stereocenters. The molecule has 0 aliphatic carbocycles. The van der Waals surface area contributed by atoms with Crippen molar-refractivity contribution >= 4 is 46.4 Å². The number of carbonyl (C=O) groups is 1. The first kappa shape index (κ1) is 14.7. The quantitative estimate of drug-likeness (QED) is 0.676. The van der Waals surface area contributed by atoms with E-state index in [0.717, 1.165) is 23.1 Å². The monoisotopic (exact) mass is 331 g/mol. The molecule has 2 heterocycles. The zero-order valence-electron chi connectivity index (χ0n) is 9.86. The van der Waals surface area contributed by atoms with Crippen LogP contribution in [-0.4, -0.2) is 26.0 Å². The number of aryl methyl sites for hydroxylation is 1. The van der Waals surface area contributed by atoms with Gasteiger partial charge in [-0.3, -0.25) is 10.1 Å². The van der Waals surface area contributed by atoms with Gasteiger partial charge in [-0.15, -0.1) is 0 Å². The summed E-state index contributed by atoms with van der Waals surface area (Å²) in [7, 11) is 0. The van der Waals surface area contributed by atoms with E-state index >= 15 is 0 Å². The largest absolute Gasteiger partial charge is 0.477 e. The number of aromatic carboxylic acids is 1. The van der Waals surface area contributed by atoms with Crippen LogP contribution in [0.3, 0.4) is 0 Å². The highest BCUT2D eigenvalue weighted by Crippen LogP contribution is 2.37. The predicted octanol–water partition coefficient (Wildman–Crippen LogP) is 3.26. The van der Waals surface area contributed by atoms with Crippen molar-refractivity contribution in [2.75, 3.05) is 0 Å². The number of carboxylic acids is 1. The van der Waals surface area contributed by atoms with Crippen molar-refractivity contribution in [3.05, 3.63) is 38.0 Å². The van der Waals surface area contributed by atoms with Gasteiger partial charge in [-0.1, -0.05) is 22.9 Å². The van der Waals surface area contributed by atoms with E-state index in [1.807, 2.05) is 0 Å². The fourth-order valence-corrected chi connectivity index (χ4v) is 3.46. The van der Waals surface area contributed by atoms with Gasteiger partial charge in [-0.25, -0.2) is 14.8 Å². The summed E-state index contributed by atoms with van der Waals surface area (Å²) in [5.74, 6) is -1.08. The zero-order chi connectivity index (χ0) is 14.9. The van der Waals surface area contributed by atoms with Gasteiger partial charge in [0, 0.05) is 12.3 Å². The number of nitro groups is 1.